The third kappa shape index (κ3) is 7.00. The van der Waals surface area contributed by atoms with Gasteiger partial charge in [0.2, 0.25) is 0 Å². The lowest BCUT2D eigenvalue weighted by atomic mass is 9.89. The number of rotatable bonds is 10. The molecule has 190 valence electrons. The van der Waals surface area contributed by atoms with Crippen molar-refractivity contribution in [2.24, 2.45) is 5.92 Å². The minimum Gasteiger partial charge on any atom is -0.490 e. The van der Waals surface area contributed by atoms with Crippen molar-refractivity contribution in [2.45, 2.75) is 83.8 Å². The van der Waals surface area contributed by atoms with Gasteiger partial charge in [0, 0.05) is 6.42 Å². The number of carboxylic acid groups (broad SMARTS) is 1. The van der Waals surface area contributed by atoms with Gasteiger partial charge in [-0.25, -0.2) is 9.59 Å². The molecule has 0 bridgehead atoms. The predicted molar refractivity (Wildman–Crippen MR) is 137 cm³/mol. The molecule has 3 rings (SSSR count). The molecule has 1 aliphatic carbocycles. The van der Waals surface area contributed by atoms with Gasteiger partial charge in [0.05, 0.1) is 0 Å². The monoisotopic (exact) mass is 481 g/mol. The molecule has 6 nitrogen and oxygen atoms in total. The lowest BCUT2D eigenvalue weighted by Crippen LogP contribution is -2.60. The molecule has 2 N–H and O–H groups in total. The van der Waals surface area contributed by atoms with Gasteiger partial charge >= 0.3 is 12.1 Å². The van der Waals surface area contributed by atoms with Crippen LogP contribution in [0.3, 0.4) is 0 Å². The number of hydrogen-bond donors (Lipinski definition) is 2. The molecule has 1 aliphatic rings. The van der Waals surface area contributed by atoms with Crippen molar-refractivity contribution >= 4 is 12.1 Å². The summed E-state index contributed by atoms with van der Waals surface area (Å²) in [6, 6.07) is 15.4. The topological polar surface area (TPSA) is 84.9 Å². The minimum atomic E-state index is -1.71. The summed E-state index contributed by atoms with van der Waals surface area (Å²) in [5.74, 6) is 0.685. The van der Waals surface area contributed by atoms with E-state index in [1.165, 1.54) is 12.8 Å². The van der Waals surface area contributed by atoms with Gasteiger partial charge in [-0.3, -0.25) is 0 Å². The van der Waals surface area contributed by atoms with Gasteiger partial charge < -0.3 is 19.9 Å². The first-order valence-corrected chi connectivity index (χ1v) is 12.5. The second kappa shape index (κ2) is 10.7. The zero-order valence-electron chi connectivity index (χ0n) is 21.8. The van der Waals surface area contributed by atoms with E-state index in [0.717, 1.165) is 22.4 Å². The Kier molecular flexibility index (Phi) is 8.14. The molecular formula is C29H39NO5. The Morgan fingerprint density at radius 3 is 2.17 bits per heavy atom. The standard InChI is InChI=1S/C29H39NO5/c1-19(2)23-13-10-14-24(20(3)22-15-16-22)25(23)34-18-29(26(31)32,17-21-11-8-7-9-12-21)30-27(33)35-28(4,5)6/h7-14,19-20,22H,15-18H2,1-6H3,(H,30,33)(H,31,32)/t20-,29?/m1/s1. The molecule has 0 aliphatic heterocycles. The molecule has 0 radical (unpaired) electrons. The number of carbonyl (C=O) groups is 2. The van der Waals surface area contributed by atoms with Crippen LogP contribution in [0.4, 0.5) is 4.79 Å². The van der Waals surface area contributed by atoms with Crippen molar-refractivity contribution in [1.29, 1.82) is 0 Å². The Morgan fingerprint density at radius 2 is 1.63 bits per heavy atom. The van der Waals surface area contributed by atoms with Crippen molar-refractivity contribution in [3.8, 4) is 5.75 Å². The second-order valence-electron chi connectivity index (χ2n) is 11.0. The van der Waals surface area contributed by atoms with Crippen molar-refractivity contribution in [3.63, 3.8) is 0 Å². The zero-order valence-corrected chi connectivity index (χ0v) is 21.8. The molecule has 6 heteroatoms. The quantitative estimate of drug-likeness (QED) is 0.416. The fraction of sp³-hybridized carbons (Fsp3) is 0.517. The number of ether oxygens (including phenoxy) is 2. The lowest BCUT2D eigenvalue weighted by molar-refractivity contribution is -0.146. The molecule has 2 aromatic carbocycles. The van der Waals surface area contributed by atoms with Crippen LogP contribution in [-0.2, 0) is 16.0 Å². The van der Waals surface area contributed by atoms with Gasteiger partial charge in [-0.2, -0.15) is 0 Å². The Hall–Kier alpha value is -3.02. The van der Waals surface area contributed by atoms with Crippen LogP contribution < -0.4 is 10.1 Å². The maximum atomic E-state index is 12.8. The number of para-hydroxylation sites is 1. The maximum absolute atomic E-state index is 12.8. The van der Waals surface area contributed by atoms with E-state index in [1.54, 1.807) is 20.8 Å². The first kappa shape index (κ1) is 26.6. The molecular weight excluding hydrogens is 442 g/mol. The number of carboxylic acids is 1. The predicted octanol–water partition coefficient (Wildman–Crippen LogP) is 6.29. The van der Waals surface area contributed by atoms with Crippen LogP contribution in [-0.4, -0.2) is 34.9 Å². The molecule has 1 fully saturated rings. The van der Waals surface area contributed by atoms with Gasteiger partial charge in [-0.05, 0) is 68.1 Å². The second-order valence-corrected chi connectivity index (χ2v) is 11.0. The molecule has 1 saturated carbocycles. The van der Waals surface area contributed by atoms with Crippen molar-refractivity contribution in [2.75, 3.05) is 6.61 Å². The van der Waals surface area contributed by atoms with E-state index in [2.05, 4.69) is 32.2 Å². The van der Waals surface area contributed by atoms with E-state index in [4.69, 9.17) is 9.47 Å². The van der Waals surface area contributed by atoms with Crippen molar-refractivity contribution in [1.82, 2.24) is 5.32 Å². The molecule has 2 atom stereocenters. The van der Waals surface area contributed by atoms with Gasteiger partial charge in [-0.1, -0.05) is 69.3 Å². The summed E-state index contributed by atoms with van der Waals surface area (Å²) in [7, 11) is 0. The fourth-order valence-electron chi connectivity index (χ4n) is 4.36. The molecule has 35 heavy (non-hydrogen) atoms. The number of benzene rings is 2. The Bertz CT molecular complexity index is 1020. The summed E-state index contributed by atoms with van der Waals surface area (Å²) in [5, 5.41) is 13.1. The van der Waals surface area contributed by atoms with Crippen LogP contribution in [0.15, 0.2) is 48.5 Å². The lowest BCUT2D eigenvalue weighted by Gasteiger charge is -2.33. The Balaban J connectivity index is 1.98. The molecule has 0 heterocycles. The number of hydrogen-bond acceptors (Lipinski definition) is 4. The smallest absolute Gasteiger partial charge is 0.408 e. The molecule has 2 aromatic rings. The van der Waals surface area contributed by atoms with Crippen LogP contribution in [0.1, 0.15) is 82.9 Å². The summed E-state index contributed by atoms with van der Waals surface area (Å²) in [4.78, 5) is 25.5. The Labute approximate surface area is 209 Å². The number of alkyl carbamates (subject to hydrolysis) is 1. The van der Waals surface area contributed by atoms with Crippen molar-refractivity contribution in [3.05, 3.63) is 65.2 Å². The largest absolute Gasteiger partial charge is 0.490 e. The normalized spacial score (nSPS) is 16.3. The molecule has 1 unspecified atom stereocenters. The first-order chi connectivity index (χ1) is 16.4. The first-order valence-electron chi connectivity index (χ1n) is 12.5. The van der Waals surface area contributed by atoms with E-state index >= 15 is 0 Å². The van der Waals surface area contributed by atoms with Gasteiger partial charge in [0.1, 0.15) is 18.0 Å². The molecule has 1 amide bonds. The number of carbonyl (C=O) groups excluding carboxylic acids is 1. The molecule has 0 spiro atoms. The van der Waals surface area contributed by atoms with E-state index in [-0.39, 0.29) is 18.9 Å². The summed E-state index contributed by atoms with van der Waals surface area (Å²) in [6.45, 7) is 11.4. The minimum absolute atomic E-state index is 0.0553. The fourth-order valence-corrected chi connectivity index (χ4v) is 4.36. The van der Waals surface area contributed by atoms with E-state index in [9.17, 15) is 14.7 Å². The SMILES string of the molecule is CC(C)c1cccc([C@H](C)C2CC2)c1OCC(Cc1ccccc1)(NC(=O)OC(C)(C)C)C(=O)O. The highest BCUT2D eigenvalue weighted by Crippen LogP contribution is 2.46. The van der Waals surface area contributed by atoms with Crippen LogP contribution in [0.5, 0.6) is 5.75 Å². The summed E-state index contributed by atoms with van der Waals surface area (Å²) >= 11 is 0. The molecule has 0 saturated heterocycles. The zero-order chi connectivity index (χ0) is 25.8. The summed E-state index contributed by atoms with van der Waals surface area (Å²) in [5.41, 5.74) is 0.423. The van der Waals surface area contributed by atoms with Crippen LogP contribution in [0.2, 0.25) is 0 Å². The van der Waals surface area contributed by atoms with Crippen LogP contribution in [0, 0.1) is 5.92 Å². The van der Waals surface area contributed by atoms with Crippen LogP contribution in [0.25, 0.3) is 0 Å². The third-order valence-corrected chi connectivity index (χ3v) is 6.48. The average Bonchev–Trinajstić information content (AvgIpc) is 3.61. The number of nitrogens with one attached hydrogen (secondary N) is 1. The van der Waals surface area contributed by atoms with Crippen LogP contribution >= 0.6 is 0 Å². The average molecular weight is 482 g/mol. The van der Waals surface area contributed by atoms with Gasteiger partial charge in [0.25, 0.3) is 0 Å². The van der Waals surface area contributed by atoms with Crippen molar-refractivity contribution < 1.29 is 24.2 Å². The number of aliphatic carboxylic acids is 1. The molecule has 0 aromatic heterocycles. The van der Waals surface area contributed by atoms with E-state index in [1.807, 2.05) is 42.5 Å². The van der Waals surface area contributed by atoms with Gasteiger partial charge in [0.15, 0.2) is 5.54 Å². The third-order valence-electron chi connectivity index (χ3n) is 6.48. The highest BCUT2D eigenvalue weighted by Gasteiger charge is 2.43. The number of amides is 1. The van der Waals surface area contributed by atoms with Gasteiger partial charge in [-0.15, -0.1) is 0 Å². The Morgan fingerprint density at radius 1 is 1.00 bits per heavy atom. The highest BCUT2D eigenvalue weighted by molar-refractivity contribution is 5.85. The van der Waals surface area contributed by atoms with E-state index < -0.39 is 23.2 Å². The van der Waals surface area contributed by atoms with E-state index in [0.29, 0.717) is 11.8 Å². The summed E-state index contributed by atoms with van der Waals surface area (Å²) < 4.78 is 11.8. The maximum Gasteiger partial charge on any atom is 0.408 e. The summed E-state index contributed by atoms with van der Waals surface area (Å²) in [6.07, 6.45) is 1.66. The highest BCUT2D eigenvalue weighted by atomic mass is 16.6.